The molecule has 7 aromatic carbocycles. The Morgan fingerprint density at radius 1 is 0.420 bits per heavy atom. The predicted molar refractivity (Wildman–Crippen MR) is 204 cm³/mol. The Kier molecular flexibility index (Phi) is 6.95. The second-order valence-electron chi connectivity index (χ2n) is 12.6. The molecule has 0 fully saturated rings. The van der Waals surface area contributed by atoms with Gasteiger partial charge in [-0.05, 0) is 68.6 Å². The van der Waals surface area contributed by atoms with Crippen LogP contribution < -0.4 is 5.69 Å². The highest BCUT2D eigenvalue weighted by molar-refractivity contribution is 6.14. The fraction of sp³-hybridized carbons (Fsp3) is 0.0455. The first kappa shape index (κ1) is 29.5. The van der Waals surface area contributed by atoms with Gasteiger partial charge in [0.05, 0.1) is 11.0 Å². The van der Waals surface area contributed by atoms with Crippen molar-refractivity contribution in [1.29, 1.82) is 0 Å². The number of rotatable bonds is 5. The molecule has 0 aliphatic carbocycles. The lowest BCUT2D eigenvalue weighted by molar-refractivity contribution is 0.795. The van der Waals surface area contributed by atoms with Crippen LogP contribution in [-0.4, -0.2) is 24.1 Å². The topological polar surface area (TPSA) is 65.6 Å². The second kappa shape index (κ2) is 11.8. The molecule has 9 rings (SSSR count). The van der Waals surface area contributed by atoms with Crippen molar-refractivity contribution < 1.29 is 0 Å². The quantitative estimate of drug-likeness (QED) is 0.175. The molecule has 6 heteroatoms. The maximum atomic E-state index is 13.2. The van der Waals surface area contributed by atoms with Gasteiger partial charge in [-0.2, -0.15) is 0 Å². The van der Waals surface area contributed by atoms with E-state index in [1.165, 1.54) is 16.2 Å². The van der Waals surface area contributed by atoms with Crippen LogP contribution in [0.2, 0.25) is 0 Å². The van der Waals surface area contributed by atoms with Gasteiger partial charge in [-0.1, -0.05) is 121 Å². The Labute approximate surface area is 288 Å². The van der Waals surface area contributed by atoms with Gasteiger partial charge in [-0.15, -0.1) is 0 Å². The number of imidazole rings is 1. The van der Waals surface area contributed by atoms with E-state index < -0.39 is 0 Å². The van der Waals surface area contributed by atoms with Crippen LogP contribution in [0, 0.1) is 0 Å². The van der Waals surface area contributed by atoms with Crippen LogP contribution in [-0.2, 0) is 14.1 Å². The highest BCUT2D eigenvalue weighted by atomic mass is 16.1. The van der Waals surface area contributed by atoms with E-state index in [2.05, 4.69) is 78.9 Å². The maximum absolute atomic E-state index is 13.2. The monoisotopic (exact) mass is 645 g/mol. The van der Waals surface area contributed by atoms with Gasteiger partial charge in [0.15, 0.2) is 17.5 Å². The fourth-order valence-corrected chi connectivity index (χ4v) is 7.11. The Morgan fingerprint density at radius 3 is 1.60 bits per heavy atom. The molecular weight excluding hydrogens is 615 g/mol. The highest BCUT2D eigenvalue weighted by Gasteiger charge is 2.19. The van der Waals surface area contributed by atoms with Crippen LogP contribution in [0.25, 0.3) is 89.0 Å². The van der Waals surface area contributed by atoms with Crippen molar-refractivity contribution in [1.82, 2.24) is 24.1 Å². The normalized spacial score (nSPS) is 11.5. The fourth-order valence-electron chi connectivity index (χ4n) is 7.11. The zero-order valence-electron chi connectivity index (χ0n) is 27.6. The lowest BCUT2D eigenvalue weighted by atomic mass is 9.90. The molecule has 2 aromatic heterocycles. The summed E-state index contributed by atoms with van der Waals surface area (Å²) in [5.41, 5.74) is 8.40. The Bertz CT molecular complexity index is 2740. The van der Waals surface area contributed by atoms with Crippen molar-refractivity contribution in [2.24, 2.45) is 14.1 Å². The van der Waals surface area contributed by atoms with E-state index in [4.69, 9.17) is 15.0 Å². The van der Waals surface area contributed by atoms with Crippen molar-refractivity contribution in [3.05, 3.63) is 162 Å². The Balaban J connectivity index is 1.37. The molecule has 0 aliphatic heterocycles. The van der Waals surface area contributed by atoms with Gasteiger partial charge in [-0.3, -0.25) is 9.13 Å². The van der Waals surface area contributed by atoms with Crippen LogP contribution in [0.5, 0.6) is 0 Å². The average molecular weight is 646 g/mol. The molecular formula is C44H31N5O. The largest absolute Gasteiger partial charge is 0.328 e. The van der Waals surface area contributed by atoms with Crippen molar-refractivity contribution in [3.8, 4) is 56.4 Å². The minimum absolute atomic E-state index is 0.0678. The smallest absolute Gasteiger partial charge is 0.295 e. The minimum atomic E-state index is -0.0678. The SMILES string of the molecule is Cn1c(=O)n(C)c2c(-c3cc(-c4nc(-c5ccccc5)nc(-c5ccccc5)n4)cc(-c4cc5ccccc5c5ccccc45)c3)cccc21. The first-order valence-corrected chi connectivity index (χ1v) is 16.6. The number of benzene rings is 7. The van der Waals surface area contributed by atoms with E-state index in [1.54, 1.807) is 9.13 Å². The zero-order valence-corrected chi connectivity index (χ0v) is 27.6. The molecule has 2 heterocycles. The number of aromatic nitrogens is 5. The lowest BCUT2D eigenvalue weighted by Crippen LogP contribution is -2.19. The number of hydrogen-bond donors (Lipinski definition) is 0. The van der Waals surface area contributed by atoms with Gasteiger partial charge in [0.1, 0.15) is 0 Å². The van der Waals surface area contributed by atoms with Crippen molar-refractivity contribution in [2.45, 2.75) is 0 Å². The summed E-state index contributed by atoms with van der Waals surface area (Å²) in [5.74, 6) is 1.77. The molecule has 0 bridgehead atoms. The summed E-state index contributed by atoms with van der Waals surface area (Å²) in [6.45, 7) is 0. The summed E-state index contributed by atoms with van der Waals surface area (Å²) < 4.78 is 3.43. The molecule has 0 aliphatic rings. The van der Waals surface area contributed by atoms with Crippen molar-refractivity contribution >= 4 is 32.6 Å². The molecule has 0 atom stereocenters. The Morgan fingerprint density at radius 2 is 0.940 bits per heavy atom. The molecule has 0 unspecified atom stereocenters. The molecule has 0 amide bonds. The van der Waals surface area contributed by atoms with Gasteiger partial charge in [0.25, 0.3) is 0 Å². The third-order valence-electron chi connectivity index (χ3n) is 9.57. The Hall–Kier alpha value is -6.66. The summed E-state index contributed by atoms with van der Waals surface area (Å²) in [7, 11) is 3.65. The van der Waals surface area contributed by atoms with Crippen molar-refractivity contribution in [2.75, 3.05) is 0 Å². The average Bonchev–Trinajstić information content (AvgIpc) is 3.41. The molecule has 0 N–H and O–H groups in total. The highest BCUT2D eigenvalue weighted by Crippen LogP contribution is 2.40. The number of nitrogens with zero attached hydrogens (tertiary/aromatic N) is 5. The van der Waals surface area contributed by atoms with E-state index in [9.17, 15) is 4.79 Å². The van der Waals surface area contributed by atoms with Gasteiger partial charge in [0, 0.05) is 36.3 Å². The number of fused-ring (bicyclic) bond motifs is 4. The predicted octanol–water partition coefficient (Wildman–Crippen LogP) is 9.70. The molecule has 6 nitrogen and oxygen atoms in total. The molecule has 0 radical (unpaired) electrons. The van der Waals surface area contributed by atoms with Crippen LogP contribution in [0.1, 0.15) is 0 Å². The van der Waals surface area contributed by atoms with E-state index >= 15 is 0 Å². The van der Waals surface area contributed by atoms with Gasteiger partial charge in [-0.25, -0.2) is 19.7 Å². The van der Waals surface area contributed by atoms with E-state index in [1.807, 2.05) is 86.9 Å². The van der Waals surface area contributed by atoms with Crippen LogP contribution in [0.15, 0.2) is 156 Å². The van der Waals surface area contributed by atoms with E-state index in [-0.39, 0.29) is 5.69 Å². The molecule has 0 saturated carbocycles. The lowest BCUT2D eigenvalue weighted by Gasteiger charge is -2.15. The second-order valence-corrected chi connectivity index (χ2v) is 12.6. The molecule has 0 saturated heterocycles. The zero-order chi connectivity index (χ0) is 33.8. The molecule has 9 aromatic rings. The van der Waals surface area contributed by atoms with Crippen LogP contribution in [0.3, 0.4) is 0 Å². The summed E-state index contributed by atoms with van der Waals surface area (Å²) >= 11 is 0. The van der Waals surface area contributed by atoms with Gasteiger partial charge in [0.2, 0.25) is 0 Å². The summed E-state index contributed by atoms with van der Waals surface area (Å²) in [6.07, 6.45) is 0. The summed E-state index contributed by atoms with van der Waals surface area (Å²) in [5, 5.41) is 4.73. The standard InChI is InChI=1S/C44H31N5O/c1-48-39-23-13-22-35(40(39)49(2)44(48)50)31-24-32(38-27-30-18-9-10-19-34(30)36-20-11-12-21-37(36)38)26-33(25-31)43-46-41(28-14-5-3-6-15-28)45-42(47-43)29-16-7-4-8-17-29/h3-27H,1-2H3. The van der Waals surface area contributed by atoms with Crippen LogP contribution in [0.4, 0.5) is 0 Å². The minimum Gasteiger partial charge on any atom is -0.295 e. The third kappa shape index (κ3) is 4.89. The van der Waals surface area contributed by atoms with E-state index in [0.29, 0.717) is 17.5 Å². The number of para-hydroxylation sites is 1. The maximum Gasteiger partial charge on any atom is 0.328 e. The van der Waals surface area contributed by atoms with E-state index in [0.717, 1.165) is 55.4 Å². The summed E-state index contributed by atoms with van der Waals surface area (Å²) in [4.78, 5) is 28.3. The van der Waals surface area contributed by atoms with Crippen LogP contribution >= 0.6 is 0 Å². The molecule has 238 valence electrons. The number of aryl methyl sites for hydroxylation is 2. The van der Waals surface area contributed by atoms with Crippen molar-refractivity contribution in [3.63, 3.8) is 0 Å². The van der Waals surface area contributed by atoms with Gasteiger partial charge < -0.3 is 0 Å². The molecule has 0 spiro atoms. The number of hydrogen-bond acceptors (Lipinski definition) is 4. The first-order valence-electron chi connectivity index (χ1n) is 16.6. The summed E-state index contributed by atoms with van der Waals surface area (Å²) in [6, 6.07) is 52.1. The first-order chi connectivity index (χ1) is 24.5. The third-order valence-corrected chi connectivity index (χ3v) is 9.57. The van der Waals surface area contributed by atoms with Gasteiger partial charge >= 0.3 is 5.69 Å². The molecule has 50 heavy (non-hydrogen) atoms.